The van der Waals surface area contributed by atoms with Crippen molar-refractivity contribution in [2.75, 3.05) is 26.0 Å². The minimum atomic E-state index is -0.192. The first-order valence-corrected chi connectivity index (χ1v) is 7.50. The number of carbonyl (C=O) groups excluding carboxylic acids is 1. The van der Waals surface area contributed by atoms with E-state index in [0.29, 0.717) is 12.3 Å². The SMILES string of the molecule is CN(C)Cc1cccc(NC(=O)NC(CCO)C2CC2)c1. The number of amides is 2. The molecule has 1 aliphatic rings. The molecule has 21 heavy (non-hydrogen) atoms. The van der Waals surface area contributed by atoms with Crippen molar-refractivity contribution in [1.29, 1.82) is 0 Å². The molecule has 116 valence electrons. The third-order valence-electron chi connectivity index (χ3n) is 3.63. The van der Waals surface area contributed by atoms with Crippen LogP contribution in [0.5, 0.6) is 0 Å². The maximum absolute atomic E-state index is 12.0. The average molecular weight is 291 g/mol. The fourth-order valence-electron chi connectivity index (χ4n) is 2.51. The second-order valence-corrected chi connectivity index (χ2v) is 5.99. The molecule has 1 unspecified atom stereocenters. The summed E-state index contributed by atoms with van der Waals surface area (Å²) in [6.07, 6.45) is 2.91. The highest BCUT2D eigenvalue weighted by molar-refractivity contribution is 5.89. The monoisotopic (exact) mass is 291 g/mol. The van der Waals surface area contributed by atoms with Gasteiger partial charge >= 0.3 is 6.03 Å². The number of nitrogens with zero attached hydrogens (tertiary/aromatic N) is 1. The standard InChI is InChI=1S/C16H25N3O2/c1-19(2)11-12-4-3-5-14(10-12)17-16(21)18-15(8-9-20)13-6-7-13/h3-5,10,13,15,20H,6-9,11H2,1-2H3,(H2,17,18,21). The van der Waals surface area contributed by atoms with Gasteiger partial charge in [0.1, 0.15) is 0 Å². The lowest BCUT2D eigenvalue weighted by molar-refractivity contribution is 0.234. The first kappa shape index (κ1) is 15.8. The number of aliphatic hydroxyl groups excluding tert-OH is 1. The molecule has 1 saturated carbocycles. The minimum absolute atomic E-state index is 0.0833. The van der Waals surface area contributed by atoms with Gasteiger partial charge in [0.15, 0.2) is 0 Å². The number of nitrogens with one attached hydrogen (secondary N) is 2. The Morgan fingerprint density at radius 3 is 2.81 bits per heavy atom. The molecule has 5 nitrogen and oxygen atoms in total. The van der Waals surface area contributed by atoms with Gasteiger partial charge in [-0.1, -0.05) is 12.1 Å². The lowest BCUT2D eigenvalue weighted by Crippen LogP contribution is -2.39. The van der Waals surface area contributed by atoms with Gasteiger partial charge in [0.05, 0.1) is 0 Å². The molecule has 1 aliphatic carbocycles. The lowest BCUT2D eigenvalue weighted by Gasteiger charge is -2.18. The van der Waals surface area contributed by atoms with Crippen LogP contribution in [0, 0.1) is 5.92 Å². The molecular formula is C16H25N3O2. The zero-order valence-electron chi connectivity index (χ0n) is 12.8. The molecule has 0 bridgehead atoms. The summed E-state index contributed by atoms with van der Waals surface area (Å²) in [5.41, 5.74) is 1.96. The van der Waals surface area contributed by atoms with Gasteiger partial charge in [-0.2, -0.15) is 0 Å². The molecule has 1 fully saturated rings. The van der Waals surface area contributed by atoms with Crippen LogP contribution in [-0.2, 0) is 6.54 Å². The van der Waals surface area contributed by atoms with E-state index >= 15 is 0 Å². The highest BCUT2D eigenvalue weighted by Gasteiger charge is 2.31. The largest absolute Gasteiger partial charge is 0.396 e. The van der Waals surface area contributed by atoms with E-state index < -0.39 is 0 Å². The van der Waals surface area contributed by atoms with Crippen LogP contribution in [0.2, 0.25) is 0 Å². The number of rotatable bonds is 7. The third kappa shape index (κ3) is 5.36. The first-order valence-electron chi connectivity index (χ1n) is 7.50. The molecule has 0 aliphatic heterocycles. The van der Waals surface area contributed by atoms with Crippen LogP contribution in [0.4, 0.5) is 10.5 Å². The Labute approximate surface area is 126 Å². The first-order chi connectivity index (χ1) is 10.1. The zero-order chi connectivity index (χ0) is 15.2. The predicted molar refractivity (Wildman–Crippen MR) is 84.2 cm³/mol. The van der Waals surface area contributed by atoms with Gasteiger partial charge in [-0.25, -0.2) is 4.79 Å². The van der Waals surface area contributed by atoms with Gasteiger partial charge in [-0.15, -0.1) is 0 Å². The highest BCUT2D eigenvalue weighted by Crippen LogP contribution is 2.33. The smallest absolute Gasteiger partial charge is 0.319 e. The van der Waals surface area contributed by atoms with Crippen LogP contribution in [-0.4, -0.2) is 42.8 Å². The van der Waals surface area contributed by atoms with Crippen LogP contribution in [0.15, 0.2) is 24.3 Å². The van der Waals surface area contributed by atoms with Gasteiger partial charge in [0.2, 0.25) is 0 Å². The van der Waals surface area contributed by atoms with Crippen molar-refractivity contribution in [3.05, 3.63) is 29.8 Å². The molecule has 2 rings (SSSR count). The Balaban J connectivity index is 1.89. The molecule has 5 heteroatoms. The van der Waals surface area contributed by atoms with Crippen molar-refractivity contribution in [1.82, 2.24) is 10.2 Å². The van der Waals surface area contributed by atoms with E-state index in [4.69, 9.17) is 5.11 Å². The number of aliphatic hydroxyl groups is 1. The molecule has 0 heterocycles. The van der Waals surface area contributed by atoms with Crippen LogP contribution in [0.25, 0.3) is 0 Å². The average Bonchev–Trinajstić information content (AvgIpc) is 3.22. The predicted octanol–water partition coefficient (Wildman–Crippen LogP) is 2.03. The van der Waals surface area contributed by atoms with Crippen molar-refractivity contribution >= 4 is 11.7 Å². The Hall–Kier alpha value is -1.59. The molecule has 1 aromatic carbocycles. The second-order valence-electron chi connectivity index (χ2n) is 5.99. The fourth-order valence-corrected chi connectivity index (χ4v) is 2.51. The van der Waals surface area contributed by atoms with Crippen molar-refractivity contribution in [3.63, 3.8) is 0 Å². The van der Waals surface area contributed by atoms with E-state index in [1.165, 1.54) is 0 Å². The maximum Gasteiger partial charge on any atom is 0.319 e. The molecule has 0 saturated heterocycles. The molecule has 1 atom stereocenters. The number of anilines is 1. The fraction of sp³-hybridized carbons (Fsp3) is 0.562. The maximum atomic E-state index is 12.0. The van der Waals surface area contributed by atoms with Crippen molar-refractivity contribution in [2.24, 2.45) is 5.92 Å². The molecule has 0 radical (unpaired) electrons. The summed E-state index contributed by atoms with van der Waals surface area (Å²) in [5.74, 6) is 0.531. The van der Waals surface area contributed by atoms with Crippen molar-refractivity contribution in [2.45, 2.75) is 31.8 Å². The summed E-state index contributed by atoms with van der Waals surface area (Å²) in [6.45, 7) is 0.951. The number of hydrogen-bond acceptors (Lipinski definition) is 3. The van der Waals surface area contributed by atoms with E-state index in [1.54, 1.807) is 0 Å². The molecule has 0 aromatic heterocycles. The third-order valence-corrected chi connectivity index (χ3v) is 3.63. The quantitative estimate of drug-likeness (QED) is 0.720. The van der Waals surface area contributed by atoms with Crippen LogP contribution in [0.3, 0.4) is 0 Å². The van der Waals surface area contributed by atoms with E-state index in [0.717, 1.165) is 30.6 Å². The van der Waals surface area contributed by atoms with Crippen LogP contribution < -0.4 is 10.6 Å². The Morgan fingerprint density at radius 1 is 1.43 bits per heavy atom. The number of benzene rings is 1. The van der Waals surface area contributed by atoms with Gasteiger partial charge in [-0.05, 0) is 57.0 Å². The van der Waals surface area contributed by atoms with Crippen molar-refractivity contribution < 1.29 is 9.90 Å². The highest BCUT2D eigenvalue weighted by atomic mass is 16.3. The number of hydrogen-bond donors (Lipinski definition) is 3. The zero-order valence-corrected chi connectivity index (χ0v) is 12.8. The van der Waals surface area contributed by atoms with Crippen molar-refractivity contribution in [3.8, 4) is 0 Å². The van der Waals surface area contributed by atoms with Gasteiger partial charge in [0, 0.05) is 24.9 Å². The minimum Gasteiger partial charge on any atom is -0.396 e. The Bertz CT molecular complexity index is 472. The van der Waals surface area contributed by atoms with Crippen LogP contribution in [0.1, 0.15) is 24.8 Å². The lowest BCUT2D eigenvalue weighted by atomic mass is 10.1. The molecule has 2 amide bonds. The summed E-state index contributed by atoms with van der Waals surface area (Å²) >= 11 is 0. The summed E-state index contributed by atoms with van der Waals surface area (Å²) in [5, 5.41) is 14.9. The molecule has 0 spiro atoms. The molecular weight excluding hydrogens is 266 g/mol. The number of urea groups is 1. The van der Waals surface area contributed by atoms with E-state index in [2.05, 4.69) is 15.5 Å². The van der Waals surface area contributed by atoms with E-state index in [9.17, 15) is 4.79 Å². The van der Waals surface area contributed by atoms with E-state index in [1.807, 2.05) is 38.4 Å². The molecule has 1 aromatic rings. The Morgan fingerprint density at radius 2 is 2.19 bits per heavy atom. The van der Waals surface area contributed by atoms with Gasteiger partial charge in [0.25, 0.3) is 0 Å². The Kier molecular flexibility index (Phi) is 5.59. The topological polar surface area (TPSA) is 64.6 Å². The summed E-state index contributed by atoms with van der Waals surface area (Å²) in [6, 6.07) is 7.75. The van der Waals surface area contributed by atoms with E-state index in [-0.39, 0.29) is 18.7 Å². The number of carbonyl (C=O) groups is 1. The normalized spacial score (nSPS) is 15.8. The summed E-state index contributed by atoms with van der Waals surface area (Å²) < 4.78 is 0. The van der Waals surface area contributed by atoms with Gasteiger partial charge in [-0.3, -0.25) is 0 Å². The second kappa shape index (κ2) is 7.43. The summed E-state index contributed by atoms with van der Waals surface area (Å²) in [7, 11) is 4.03. The summed E-state index contributed by atoms with van der Waals surface area (Å²) in [4.78, 5) is 14.1. The molecule has 3 N–H and O–H groups in total. The van der Waals surface area contributed by atoms with Gasteiger partial charge < -0.3 is 20.6 Å². The van der Waals surface area contributed by atoms with Crippen LogP contribution >= 0.6 is 0 Å².